The van der Waals surface area contributed by atoms with Crippen LogP contribution in [0.4, 0.5) is 11.5 Å². The molecule has 2 aromatic heterocycles. The third-order valence-corrected chi connectivity index (χ3v) is 5.25. The molecule has 120 valence electrons. The summed E-state index contributed by atoms with van der Waals surface area (Å²) < 4.78 is 2.64. The number of rotatable bonds is 2. The fourth-order valence-electron chi connectivity index (χ4n) is 2.59. The summed E-state index contributed by atoms with van der Waals surface area (Å²) in [5.41, 5.74) is 1.84. The van der Waals surface area contributed by atoms with Gasteiger partial charge in [-0.25, -0.2) is 0 Å². The van der Waals surface area contributed by atoms with Gasteiger partial charge in [-0.3, -0.25) is 4.40 Å². The molecule has 0 saturated heterocycles. The van der Waals surface area contributed by atoms with Crippen LogP contribution in [-0.2, 0) is 0 Å². The standard InChI is InChI=1S/C16H10BrCl2N5/c1-23(10-3-5-13(19)12(17)7-10)15-11-4-2-9(18)6-14(11)24-8-20-22-16(24)21-15/h2-8H,1H3. The van der Waals surface area contributed by atoms with E-state index in [2.05, 4.69) is 31.1 Å². The van der Waals surface area contributed by atoms with Crippen LogP contribution in [0.3, 0.4) is 0 Å². The maximum Gasteiger partial charge on any atom is 0.257 e. The number of hydrogen-bond acceptors (Lipinski definition) is 4. The zero-order chi connectivity index (χ0) is 16.8. The van der Waals surface area contributed by atoms with Gasteiger partial charge in [-0.1, -0.05) is 23.2 Å². The molecule has 5 nitrogen and oxygen atoms in total. The molecular weight excluding hydrogens is 413 g/mol. The molecule has 0 aliphatic heterocycles. The lowest BCUT2D eigenvalue weighted by molar-refractivity contribution is 1.08. The topological polar surface area (TPSA) is 46.3 Å². The van der Waals surface area contributed by atoms with Crippen molar-refractivity contribution in [3.05, 3.63) is 57.2 Å². The first kappa shape index (κ1) is 15.6. The van der Waals surface area contributed by atoms with Crippen molar-refractivity contribution in [2.75, 3.05) is 11.9 Å². The molecule has 0 radical (unpaired) electrons. The van der Waals surface area contributed by atoms with E-state index in [9.17, 15) is 0 Å². The van der Waals surface area contributed by atoms with Crippen molar-refractivity contribution < 1.29 is 0 Å². The molecule has 0 saturated carbocycles. The smallest absolute Gasteiger partial charge is 0.257 e. The summed E-state index contributed by atoms with van der Waals surface area (Å²) in [5.74, 6) is 1.27. The van der Waals surface area contributed by atoms with Crippen LogP contribution in [0.1, 0.15) is 0 Å². The summed E-state index contributed by atoms with van der Waals surface area (Å²) in [4.78, 5) is 6.62. The number of hydrogen-bond donors (Lipinski definition) is 0. The van der Waals surface area contributed by atoms with Gasteiger partial charge in [0.2, 0.25) is 0 Å². The van der Waals surface area contributed by atoms with Crippen LogP contribution in [0, 0.1) is 0 Å². The number of fused-ring (bicyclic) bond motifs is 3. The van der Waals surface area contributed by atoms with Crippen LogP contribution in [0.25, 0.3) is 16.7 Å². The van der Waals surface area contributed by atoms with Gasteiger partial charge in [0.1, 0.15) is 12.1 Å². The van der Waals surface area contributed by atoms with Gasteiger partial charge in [-0.2, -0.15) is 4.98 Å². The Morgan fingerprint density at radius 3 is 2.75 bits per heavy atom. The Bertz CT molecular complexity index is 1080. The Morgan fingerprint density at radius 2 is 1.96 bits per heavy atom. The second kappa shape index (κ2) is 5.88. The molecule has 0 bridgehead atoms. The monoisotopic (exact) mass is 421 g/mol. The lowest BCUT2D eigenvalue weighted by Crippen LogP contribution is -2.13. The molecule has 8 heteroatoms. The van der Waals surface area contributed by atoms with Gasteiger partial charge in [0, 0.05) is 27.6 Å². The van der Waals surface area contributed by atoms with Crippen LogP contribution < -0.4 is 4.90 Å². The van der Waals surface area contributed by atoms with E-state index in [4.69, 9.17) is 23.2 Å². The average molecular weight is 423 g/mol. The number of halogens is 3. The van der Waals surface area contributed by atoms with Gasteiger partial charge in [-0.05, 0) is 52.3 Å². The number of aromatic nitrogens is 4. The van der Waals surface area contributed by atoms with Crippen molar-refractivity contribution in [1.82, 2.24) is 19.6 Å². The third kappa shape index (κ3) is 2.51. The molecule has 0 aliphatic carbocycles. The zero-order valence-corrected chi connectivity index (χ0v) is 15.5. The van der Waals surface area contributed by atoms with Gasteiger partial charge in [0.25, 0.3) is 5.78 Å². The SMILES string of the molecule is CN(c1ccc(Cl)c(Br)c1)c1nc2nncn2c2cc(Cl)ccc12. The molecule has 4 rings (SSSR count). The van der Waals surface area contributed by atoms with Crippen molar-refractivity contribution in [3.63, 3.8) is 0 Å². The Morgan fingerprint density at radius 1 is 1.12 bits per heavy atom. The van der Waals surface area contributed by atoms with E-state index in [0.29, 0.717) is 15.8 Å². The van der Waals surface area contributed by atoms with Crippen LogP contribution in [0.5, 0.6) is 0 Å². The summed E-state index contributed by atoms with van der Waals surface area (Å²) in [7, 11) is 1.94. The van der Waals surface area contributed by atoms with Gasteiger partial charge in [0.05, 0.1) is 10.5 Å². The van der Waals surface area contributed by atoms with Crippen LogP contribution >= 0.6 is 39.1 Å². The van der Waals surface area contributed by atoms with E-state index in [1.165, 1.54) is 0 Å². The van der Waals surface area contributed by atoms with E-state index in [0.717, 1.165) is 26.9 Å². The second-order valence-electron chi connectivity index (χ2n) is 5.26. The molecule has 0 aliphatic rings. The maximum absolute atomic E-state index is 6.16. The van der Waals surface area contributed by atoms with E-state index in [1.807, 2.05) is 52.7 Å². The number of nitrogens with zero attached hydrogens (tertiary/aromatic N) is 5. The lowest BCUT2D eigenvalue weighted by Gasteiger charge is -2.21. The largest absolute Gasteiger partial charge is 0.329 e. The molecule has 2 aromatic carbocycles. The Kier molecular flexibility index (Phi) is 3.83. The summed E-state index contributed by atoms with van der Waals surface area (Å²) in [6.07, 6.45) is 1.63. The van der Waals surface area contributed by atoms with Crippen molar-refractivity contribution >= 4 is 67.3 Å². The number of anilines is 2. The normalized spacial score (nSPS) is 11.3. The zero-order valence-electron chi connectivity index (χ0n) is 12.4. The highest BCUT2D eigenvalue weighted by atomic mass is 79.9. The molecule has 0 atom stereocenters. The van der Waals surface area contributed by atoms with Gasteiger partial charge in [-0.15, -0.1) is 10.2 Å². The Balaban J connectivity index is 1.98. The predicted octanol–water partition coefficient (Wildman–Crippen LogP) is 5.11. The second-order valence-corrected chi connectivity index (χ2v) is 6.95. The maximum atomic E-state index is 6.16. The fraction of sp³-hybridized carbons (Fsp3) is 0.0625. The lowest BCUT2D eigenvalue weighted by atomic mass is 10.2. The minimum Gasteiger partial charge on any atom is -0.329 e. The molecular formula is C16H10BrCl2N5. The molecule has 2 heterocycles. The molecule has 24 heavy (non-hydrogen) atoms. The van der Waals surface area contributed by atoms with Crippen molar-refractivity contribution in [2.45, 2.75) is 0 Å². The van der Waals surface area contributed by atoms with Gasteiger partial charge in [0.15, 0.2) is 0 Å². The van der Waals surface area contributed by atoms with E-state index in [-0.39, 0.29) is 0 Å². The van der Waals surface area contributed by atoms with Crippen LogP contribution in [0.15, 0.2) is 47.2 Å². The van der Waals surface area contributed by atoms with Crippen molar-refractivity contribution in [1.29, 1.82) is 0 Å². The molecule has 0 spiro atoms. The third-order valence-electron chi connectivity index (χ3n) is 3.80. The number of benzene rings is 2. The highest BCUT2D eigenvalue weighted by molar-refractivity contribution is 9.10. The minimum atomic E-state index is 0.514. The summed E-state index contributed by atoms with van der Waals surface area (Å²) >= 11 is 15.7. The van der Waals surface area contributed by atoms with Crippen molar-refractivity contribution in [2.24, 2.45) is 0 Å². The van der Waals surface area contributed by atoms with E-state index >= 15 is 0 Å². The first-order valence-corrected chi connectivity index (χ1v) is 8.57. The molecule has 4 aromatic rings. The molecule has 0 amide bonds. The summed E-state index contributed by atoms with van der Waals surface area (Å²) in [6, 6.07) is 11.4. The summed E-state index contributed by atoms with van der Waals surface area (Å²) in [6.45, 7) is 0. The average Bonchev–Trinajstić information content (AvgIpc) is 3.04. The highest BCUT2D eigenvalue weighted by Crippen LogP contribution is 2.34. The highest BCUT2D eigenvalue weighted by Gasteiger charge is 2.15. The first-order valence-electron chi connectivity index (χ1n) is 7.02. The van der Waals surface area contributed by atoms with E-state index < -0.39 is 0 Å². The van der Waals surface area contributed by atoms with Crippen LogP contribution in [0.2, 0.25) is 10.0 Å². The van der Waals surface area contributed by atoms with Gasteiger partial charge >= 0.3 is 0 Å². The van der Waals surface area contributed by atoms with E-state index in [1.54, 1.807) is 6.33 Å². The fourth-order valence-corrected chi connectivity index (χ4v) is 3.25. The van der Waals surface area contributed by atoms with Crippen LogP contribution in [-0.4, -0.2) is 26.6 Å². The predicted molar refractivity (Wildman–Crippen MR) is 101 cm³/mol. The Hall–Kier alpha value is -1.89. The van der Waals surface area contributed by atoms with Crippen molar-refractivity contribution in [3.8, 4) is 0 Å². The molecule has 0 unspecified atom stereocenters. The minimum absolute atomic E-state index is 0.514. The summed E-state index contributed by atoms with van der Waals surface area (Å²) in [5, 5.41) is 10.3. The Labute approximate surface area is 156 Å². The van der Waals surface area contributed by atoms with Gasteiger partial charge < -0.3 is 4.90 Å². The quantitative estimate of drug-likeness (QED) is 0.450. The molecule has 0 N–H and O–H groups in total. The first-order chi connectivity index (χ1) is 11.5. The molecule has 0 fully saturated rings.